The zero-order valence-electron chi connectivity index (χ0n) is 18.9. The molecule has 6 nitrogen and oxygen atoms in total. The van der Waals surface area contributed by atoms with Gasteiger partial charge in [0.15, 0.2) is 5.82 Å². The van der Waals surface area contributed by atoms with E-state index in [1.54, 1.807) is 18.0 Å². The van der Waals surface area contributed by atoms with Gasteiger partial charge in [-0.05, 0) is 62.6 Å². The van der Waals surface area contributed by atoms with Crippen LogP contribution in [-0.4, -0.2) is 52.2 Å². The van der Waals surface area contributed by atoms with Gasteiger partial charge in [0.1, 0.15) is 5.56 Å². The first kappa shape index (κ1) is 23.9. The maximum absolute atomic E-state index is 12.9. The number of carbonyl (C=O) groups excluding carboxylic acids is 1. The summed E-state index contributed by atoms with van der Waals surface area (Å²) < 4.78 is 40.4. The van der Waals surface area contributed by atoms with Crippen LogP contribution in [0.2, 0.25) is 0 Å². The summed E-state index contributed by atoms with van der Waals surface area (Å²) in [6.07, 6.45) is 3.64. The number of rotatable bonds is 7. The Morgan fingerprint density at radius 2 is 1.88 bits per heavy atom. The normalized spacial score (nSPS) is 24.5. The van der Waals surface area contributed by atoms with Crippen molar-refractivity contribution in [3.05, 3.63) is 36.0 Å². The van der Waals surface area contributed by atoms with E-state index in [2.05, 4.69) is 12.2 Å². The molecule has 2 aliphatic rings. The Labute approximate surface area is 196 Å². The number of likely N-dealkylation sites (tertiary alicyclic amines) is 1. The molecule has 2 heterocycles. The van der Waals surface area contributed by atoms with Crippen molar-refractivity contribution in [1.82, 2.24) is 14.7 Å². The number of amides is 1. The first-order chi connectivity index (χ1) is 15.6. The molecular weight excluding hydrogens is 451 g/mol. The van der Waals surface area contributed by atoms with Crippen molar-refractivity contribution in [2.45, 2.75) is 61.7 Å². The summed E-state index contributed by atoms with van der Waals surface area (Å²) in [5, 5.41) is 7.93. The summed E-state index contributed by atoms with van der Waals surface area (Å²) in [5.74, 6) is -1.33. The summed E-state index contributed by atoms with van der Waals surface area (Å²) in [4.78, 5) is 15.2. The molecule has 3 N–H and O–H groups in total. The number of aromatic nitrogens is 2. The predicted molar refractivity (Wildman–Crippen MR) is 124 cm³/mol. The highest BCUT2D eigenvalue weighted by Crippen LogP contribution is 2.43. The zero-order valence-corrected chi connectivity index (χ0v) is 19.7. The molecule has 0 bridgehead atoms. The van der Waals surface area contributed by atoms with E-state index >= 15 is 0 Å². The molecule has 1 aliphatic heterocycles. The fourth-order valence-corrected chi connectivity index (χ4v) is 5.38. The molecule has 0 atom stereocenters. The van der Waals surface area contributed by atoms with Crippen LogP contribution in [0.1, 0.15) is 49.4 Å². The highest BCUT2D eigenvalue weighted by atomic mass is 32.2. The number of alkyl halides is 3. The van der Waals surface area contributed by atoms with Crippen LogP contribution in [0.25, 0.3) is 0 Å². The average Bonchev–Trinajstić information content (AvgIpc) is 3.17. The largest absolute Gasteiger partial charge is 0.394 e. The third-order valence-electron chi connectivity index (χ3n) is 7.25. The van der Waals surface area contributed by atoms with E-state index in [-0.39, 0.29) is 24.7 Å². The van der Waals surface area contributed by atoms with Gasteiger partial charge < -0.3 is 11.1 Å². The second kappa shape index (κ2) is 9.21. The molecule has 1 aliphatic carbocycles. The van der Waals surface area contributed by atoms with Crippen LogP contribution in [-0.2, 0) is 5.54 Å². The number of hydrogen-bond acceptors (Lipinski definition) is 5. The van der Waals surface area contributed by atoms with E-state index in [0.717, 1.165) is 42.7 Å². The van der Waals surface area contributed by atoms with Gasteiger partial charge in [-0.2, -0.15) is 18.3 Å². The molecule has 180 valence electrons. The lowest BCUT2D eigenvalue weighted by Gasteiger charge is -2.49. The first-order valence-electron chi connectivity index (χ1n) is 11.3. The molecule has 1 amide bonds. The second-order valence-corrected chi connectivity index (χ2v) is 9.93. The molecule has 1 aromatic carbocycles. The molecule has 1 saturated carbocycles. The lowest BCUT2D eigenvalue weighted by Crippen LogP contribution is -2.58. The zero-order chi connectivity index (χ0) is 23.8. The maximum atomic E-state index is 12.9. The van der Waals surface area contributed by atoms with Crippen molar-refractivity contribution in [2.24, 2.45) is 11.7 Å². The molecule has 0 radical (unpaired) electrons. The van der Waals surface area contributed by atoms with Gasteiger partial charge in [-0.15, -0.1) is 11.8 Å². The van der Waals surface area contributed by atoms with Crippen LogP contribution in [0.3, 0.4) is 0 Å². The van der Waals surface area contributed by atoms with Gasteiger partial charge in [0.2, 0.25) is 0 Å². The Bertz CT molecular complexity index is 977. The lowest BCUT2D eigenvalue weighted by atomic mass is 9.76. The fraction of sp³-hybridized carbons (Fsp3) is 0.565. The van der Waals surface area contributed by atoms with Gasteiger partial charge in [-0.1, -0.05) is 6.92 Å². The molecule has 1 aromatic heterocycles. The minimum absolute atomic E-state index is 0.101. The molecule has 4 rings (SSSR count). The van der Waals surface area contributed by atoms with E-state index in [1.165, 1.54) is 0 Å². The van der Waals surface area contributed by atoms with Crippen LogP contribution in [0, 0.1) is 5.92 Å². The van der Waals surface area contributed by atoms with Gasteiger partial charge in [-0.25, -0.2) is 0 Å². The van der Waals surface area contributed by atoms with Crippen molar-refractivity contribution in [3.63, 3.8) is 0 Å². The van der Waals surface area contributed by atoms with E-state index in [4.69, 9.17) is 10.8 Å². The fourth-order valence-electron chi connectivity index (χ4n) is 4.97. The SMILES string of the molecule is CCC1(n2cc(C(N)=O)c(Nc3ccc(SC)cc3)n2)CCC(N2CC(C(F)(F)F)C2)CC1. The van der Waals surface area contributed by atoms with Crippen LogP contribution in [0.4, 0.5) is 24.7 Å². The summed E-state index contributed by atoms with van der Waals surface area (Å²) in [5.41, 5.74) is 6.50. The summed E-state index contributed by atoms with van der Waals surface area (Å²) in [6.45, 7) is 2.29. The number of benzene rings is 1. The topological polar surface area (TPSA) is 76.2 Å². The van der Waals surface area contributed by atoms with Gasteiger partial charge in [0.05, 0.1) is 11.5 Å². The smallest absolute Gasteiger partial charge is 0.365 e. The summed E-state index contributed by atoms with van der Waals surface area (Å²) in [7, 11) is 0. The van der Waals surface area contributed by atoms with E-state index < -0.39 is 18.0 Å². The number of thioether (sulfide) groups is 1. The lowest BCUT2D eigenvalue weighted by molar-refractivity contribution is -0.215. The molecule has 0 unspecified atom stereocenters. The molecule has 2 aromatic rings. The number of halogens is 3. The highest BCUT2D eigenvalue weighted by molar-refractivity contribution is 7.98. The van der Waals surface area contributed by atoms with Gasteiger partial charge in [-0.3, -0.25) is 14.4 Å². The predicted octanol–water partition coefficient (Wildman–Crippen LogP) is 4.99. The first-order valence-corrected chi connectivity index (χ1v) is 12.5. The summed E-state index contributed by atoms with van der Waals surface area (Å²) in [6, 6.07) is 8.00. The minimum atomic E-state index is -4.10. The third-order valence-corrected chi connectivity index (χ3v) is 8.00. The highest BCUT2D eigenvalue weighted by Gasteiger charge is 2.50. The number of nitrogens with two attached hydrogens (primary N) is 1. The van der Waals surface area contributed by atoms with Gasteiger partial charge >= 0.3 is 6.18 Å². The Hall–Kier alpha value is -2.20. The third kappa shape index (κ3) is 4.87. The number of nitrogens with one attached hydrogen (secondary N) is 1. The Morgan fingerprint density at radius 3 is 2.39 bits per heavy atom. The second-order valence-electron chi connectivity index (χ2n) is 9.06. The maximum Gasteiger partial charge on any atom is 0.394 e. The van der Waals surface area contributed by atoms with Crippen LogP contribution in [0.5, 0.6) is 0 Å². The molecule has 10 heteroatoms. The average molecular weight is 482 g/mol. The molecule has 1 saturated heterocycles. The van der Waals surface area contributed by atoms with Crippen molar-refractivity contribution < 1.29 is 18.0 Å². The van der Waals surface area contributed by atoms with Gasteiger partial charge in [0.25, 0.3) is 5.91 Å². The Kier molecular flexibility index (Phi) is 6.68. The summed E-state index contributed by atoms with van der Waals surface area (Å²) >= 11 is 1.65. The minimum Gasteiger partial charge on any atom is -0.365 e. The molecule has 33 heavy (non-hydrogen) atoms. The number of nitrogens with zero attached hydrogens (tertiary/aromatic N) is 3. The van der Waals surface area contributed by atoms with Crippen LogP contribution < -0.4 is 11.1 Å². The molecule has 2 fully saturated rings. The Balaban J connectivity index is 1.48. The molecule has 0 spiro atoms. The van der Waals surface area contributed by atoms with Gasteiger partial charge in [0, 0.05) is 35.9 Å². The van der Waals surface area contributed by atoms with Crippen LogP contribution >= 0.6 is 11.8 Å². The van der Waals surface area contributed by atoms with E-state index in [0.29, 0.717) is 11.4 Å². The number of anilines is 2. The van der Waals surface area contributed by atoms with Crippen molar-refractivity contribution in [3.8, 4) is 0 Å². The van der Waals surface area contributed by atoms with E-state index in [9.17, 15) is 18.0 Å². The molecular formula is C23H30F3N5OS. The van der Waals surface area contributed by atoms with Crippen LogP contribution in [0.15, 0.2) is 35.4 Å². The standard InChI is InChI=1S/C23H30F3N5OS/c1-3-22(10-8-17(9-11-22)30-12-15(13-30)23(24,25)26)31-14-19(20(27)32)21(29-31)28-16-4-6-18(33-2)7-5-16/h4-7,14-15,17H,3,8-13H2,1-2H3,(H2,27,32)(H,28,29). The van der Waals surface area contributed by atoms with Crippen molar-refractivity contribution in [1.29, 1.82) is 0 Å². The Morgan fingerprint density at radius 1 is 1.24 bits per heavy atom. The monoisotopic (exact) mass is 481 g/mol. The number of hydrogen-bond donors (Lipinski definition) is 2. The van der Waals surface area contributed by atoms with E-state index in [1.807, 2.05) is 40.1 Å². The quantitative estimate of drug-likeness (QED) is 0.545. The number of primary amides is 1. The van der Waals surface area contributed by atoms with Crippen molar-refractivity contribution >= 4 is 29.2 Å². The number of carbonyl (C=O) groups is 1. The van der Waals surface area contributed by atoms with Crippen molar-refractivity contribution in [2.75, 3.05) is 24.7 Å².